The van der Waals surface area contributed by atoms with Crippen LogP contribution in [0, 0.1) is 26.3 Å². The summed E-state index contributed by atoms with van der Waals surface area (Å²) in [6.07, 6.45) is -7.99. The quantitative estimate of drug-likeness (QED) is 0.0332. The topological polar surface area (TPSA) is 285 Å². The normalized spacial score (nSPS) is 22.1. The average molecular weight is 1850 g/mol. The highest BCUT2D eigenvalue weighted by molar-refractivity contribution is 6.32. The highest BCUT2D eigenvalue weighted by Crippen LogP contribution is 2.50. The molecule has 8 aromatic carbocycles. The van der Waals surface area contributed by atoms with Crippen LogP contribution < -0.4 is 0 Å². The number of ether oxygens (including phenoxy) is 4. The molecule has 4 N–H and O–H groups in total. The Balaban J connectivity index is 0.000000187. The Morgan fingerprint density at radius 3 is 0.621 bits per heavy atom. The third-order valence-electron chi connectivity index (χ3n) is 20.8. The van der Waals surface area contributed by atoms with Crippen LogP contribution in [0.2, 0.25) is 40.2 Å². The average Bonchev–Trinajstić information content (AvgIpc) is 0.773. The molecule has 0 bridgehead atoms. The Morgan fingerprint density at radius 1 is 0.298 bits per heavy atom. The van der Waals surface area contributed by atoms with Crippen LogP contribution in [0.5, 0.6) is 0 Å². The van der Waals surface area contributed by atoms with Gasteiger partial charge >= 0.3 is 48.5 Å². The molecule has 32 heteroatoms. The van der Waals surface area contributed by atoms with Gasteiger partial charge in [-0.1, -0.05) is 218 Å². The molecule has 0 spiro atoms. The Labute approximate surface area is 759 Å². The molecule has 0 radical (unpaired) electrons. The fourth-order valence-corrected chi connectivity index (χ4v) is 16.7. The number of carbonyl (C=O) groups is 8. The summed E-state index contributed by atoms with van der Waals surface area (Å²) >= 11 is 49.1. The zero-order valence-corrected chi connectivity index (χ0v) is 73.5. The van der Waals surface area contributed by atoms with E-state index in [1.165, 1.54) is 19.6 Å². The second kappa shape index (κ2) is 46.6. The SMILES string of the molecule is [C-]#[N+]C(CCC)N1C(=O)[C@@H](CC(=O)O)O[C@H](c2cccc(Cl)c2)[C@@H]1c1ccc(Cl)cc1.[C-]#[N+]C(CCC)N1C(=O)[C@H](CC(=O)O)O[C@@H](c2cccc(Cl)c2)[C@H]1c1ccc(Cl)cc1.[C-]#[N+][C@@H](CCC)N1C(=O)[C@@H](CC(=O)O)O[C@H](c2cccc(Cl)c2)[C@@H]1c1ccc(Cl)cc1.[C-]#[N+][C@@H](CCC)N1C(=O)[C@H](CC(=O)O)O[C@@H](c2cccc(Cl)c2)[C@H]1c1ccc(Cl)cc1. The van der Waals surface area contributed by atoms with Crippen LogP contribution in [0.15, 0.2) is 194 Å². The van der Waals surface area contributed by atoms with E-state index in [9.17, 15) is 58.8 Å². The van der Waals surface area contributed by atoms with Crippen molar-refractivity contribution in [3.8, 4) is 0 Å². The number of hydrogen-bond donors (Lipinski definition) is 4. The van der Waals surface area contributed by atoms with Crippen molar-refractivity contribution in [2.24, 2.45) is 0 Å². The van der Waals surface area contributed by atoms with Crippen LogP contribution in [0.3, 0.4) is 0 Å². The Hall–Kier alpha value is -10.4. The minimum absolute atomic E-state index is 0.460. The van der Waals surface area contributed by atoms with Gasteiger partial charge in [0, 0.05) is 65.9 Å². The van der Waals surface area contributed by atoms with Gasteiger partial charge in [0.2, 0.25) is 0 Å². The van der Waals surface area contributed by atoms with Gasteiger partial charge in [-0.15, -0.1) is 0 Å². The van der Waals surface area contributed by atoms with Gasteiger partial charge in [-0.3, -0.25) is 77.3 Å². The van der Waals surface area contributed by atoms with Crippen molar-refractivity contribution in [3.63, 3.8) is 0 Å². The molecule has 124 heavy (non-hydrogen) atoms. The molecule has 4 heterocycles. The first-order chi connectivity index (χ1) is 59.4. The second-order valence-electron chi connectivity index (χ2n) is 29.4. The van der Waals surface area contributed by atoms with Crippen molar-refractivity contribution in [3.05, 3.63) is 324 Å². The lowest BCUT2D eigenvalue weighted by atomic mass is 9.90. The van der Waals surface area contributed by atoms with Crippen LogP contribution in [0.4, 0.5) is 0 Å². The largest absolute Gasteiger partial charge is 0.481 e. The zero-order chi connectivity index (χ0) is 90.2. The number of benzene rings is 8. The summed E-state index contributed by atoms with van der Waals surface area (Å²) in [5, 5.41) is 41.5. The number of carboxylic acid groups (broad SMARTS) is 4. The van der Waals surface area contributed by atoms with E-state index in [1.807, 2.05) is 52.0 Å². The van der Waals surface area contributed by atoms with Gasteiger partial charge in [0.15, 0.2) is 0 Å². The molecular formula is C92H88Cl8N8O16. The van der Waals surface area contributed by atoms with Crippen LogP contribution in [-0.2, 0) is 57.3 Å². The first-order valence-electron chi connectivity index (χ1n) is 39.7. The fraction of sp³-hybridized carbons (Fsp3) is 0.348. The van der Waals surface area contributed by atoms with E-state index in [2.05, 4.69) is 19.4 Å². The molecule has 0 aliphatic carbocycles. The molecule has 0 aromatic heterocycles. The molecule has 4 amide bonds. The highest BCUT2D eigenvalue weighted by Gasteiger charge is 2.54. The first kappa shape index (κ1) is 97.4. The minimum Gasteiger partial charge on any atom is -0.481 e. The standard InChI is InChI=1S/4C23H22Cl2N2O4/c4*1-3-5-19(26-2)27-21(14-8-10-16(24)11-9-14)22(15-6-4-7-17(25)12-15)31-18(23(27)30)13-20(28)29/h4*4,6-12,18-19,21-22H,3,5,13H2,1H3,(H,28,29)/t2*18-,19?,21+,22-;18-,19+,21+,22-;18-,19-,21+,22-/m1001/s1. The third-order valence-corrected chi connectivity index (χ3v) is 22.7. The number of hydrogen-bond acceptors (Lipinski definition) is 12. The van der Waals surface area contributed by atoms with E-state index in [4.69, 9.17) is 138 Å². The summed E-state index contributed by atoms with van der Waals surface area (Å²) in [4.78, 5) is 120. The Bertz CT molecular complexity index is 4600. The monoisotopic (exact) mass is 1840 g/mol. The predicted molar refractivity (Wildman–Crippen MR) is 471 cm³/mol. The third kappa shape index (κ3) is 25.0. The number of morpholine rings is 4. The number of amides is 4. The van der Waals surface area contributed by atoms with Gasteiger partial charge < -0.3 is 39.4 Å². The maximum Gasteiger partial charge on any atom is 0.306 e. The number of aliphatic carboxylic acids is 4. The number of carbonyl (C=O) groups excluding carboxylic acids is 4. The molecule has 2 unspecified atom stereocenters. The molecule has 648 valence electrons. The van der Waals surface area contributed by atoms with Crippen molar-refractivity contribution in [2.75, 3.05) is 0 Å². The van der Waals surface area contributed by atoms with E-state index >= 15 is 0 Å². The maximum absolute atomic E-state index is 13.4. The smallest absolute Gasteiger partial charge is 0.306 e. The van der Waals surface area contributed by atoms with Gasteiger partial charge in [-0.25, -0.2) is 26.3 Å². The van der Waals surface area contributed by atoms with E-state index in [0.717, 1.165) is 22.3 Å². The summed E-state index contributed by atoms with van der Waals surface area (Å²) in [7, 11) is 0. The minimum atomic E-state index is -1.20. The van der Waals surface area contributed by atoms with E-state index < -0.39 is 171 Å². The van der Waals surface area contributed by atoms with Gasteiger partial charge in [0.05, 0.1) is 49.9 Å². The summed E-state index contributed by atoms with van der Waals surface area (Å²) in [5.41, 5.74) is 5.73. The first-order valence-corrected chi connectivity index (χ1v) is 42.7. The Morgan fingerprint density at radius 2 is 0.476 bits per heavy atom. The van der Waals surface area contributed by atoms with Gasteiger partial charge in [-0.2, -0.15) is 0 Å². The lowest BCUT2D eigenvalue weighted by Gasteiger charge is -2.44. The van der Waals surface area contributed by atoms with Crippen molar-refractivity contribution in [1.29, 1.82) is 0 Å². The number of halogens is 8. The lowest BCUT2D eigenvalue weighted by molar-refractivity contribution is -0.182. The van der Waals surface area contributed by atoms with Crippen LogP contribution >= 0.6 is 92.8 Å². The molecule has 0 saturated carbocycles. The number of carboxylic acids is 4. The molecule has 24 nitrogen and oxygen atoms in total. The zero-order valence-electron chi connectivity index (χ0n) is 67.5. The van der Waals surface area contributed by atoms with Crippen LogP contribution in [0.25, 0.3) is 19.4 Å². The second-order valence-corrected chi connectivity index (χ2v) is 32.8. The van der Waals surface area contributed by atoms with E-state index in [0.29, 0.717) is 114 Å². The van der Waals surface area contributed by atoms with Crippen molar-refractivity contribution in [1.82, 2.24) is 19.6 Å². The summed E-state index contributed by atoms with van der Waals surface area (Å²) in [6, 6.07) is 53.6. The Kier molecular flexibility index (Phi) is 36.6. The van der Waals surface area contributed by atoms with E-state index in [1.54, 1.807) is 170 Å². The molecule has 4 aliphatic rings. The van der Waals surface area contributed by atoms with E-state index in [-0.39, 0.29) is 0 Å². The van der Waals surface area contributed by atoms with Crippen molar-refractivity contribution in [2.45, 2.75) is 202 Å². The molecule has 8 aromatic rings. The number of rotatable bonds is 28. The van der Waals surface area contributed by atoms with Gasteiger partial charge in [0.25, 0.3) is 23.6 Å². The summed E-state index contributed by atoms with van der Waals surface area (Å²) in [5.74, 6) is -6.62. The summed E-state index contributed by atoms with van der Waals surface area (Å²) in [6.45, 7) is 38.6. The van der Waals surface area contributed by atoms with Crippen molar-refractivity contribution < 1.29 is 77.7 Å². The van der Waals surface area contributed by atoms with Crippen LogP contribution in [0.1, 0.15) is 198 Å². The highest BCUT2D eigenvalue weighted by atomic mass is 35.5. The van der Waals surface area contributed by atoms with Crippen molar-refractivity contribution >= 4 is 140 Å². The summed E-state index contributed by atoms with van der Waals surface area (Å²) < 4.78 is 24.3. The maximum atomic E-state index is 13.4. The molecule has 4 saturated heterocycles. The van der Waals surface area contributed by atoms with Gasteiger partial charge in [0.1, 0.15) is 48.8 Å². The molecule has 4 fully saturated rings. The molecule has 4 aliphatic heterocycles. The van der Waals surface area contributed by atoms with Crippen LogP contribution in [-0.4, -0.2) is 137 Å². The number of nitrogens with zero attached hydrogens (tertiary/aromatic N) is 8. The predicted octanol–water partition coefficient (Wildman–Crippen LogP) is 22.1. The lowest BCUT2D eigenvalue weighted by Crippen LogP contribution is -2.54. The molecular weight excluding hydrogens is 1760 g/mol. The molecule has 16 atom stereocenters. The fourth-order valence-electron chi connectivity index (χ4n) is 15.4. The van der Waals surface area contributed by atoms with Gasteiger partial charge in [-0.05, 0) is 167 Å². The molecule has 12 rings (SSSR count).